The van der Waals surface area contributed by atoms with E-state index in [-0.39, 0.29) is 23.7 Å². The minimum atomic E-state index is -0.939. The van der Waals surface area contributed by atoms with E-state index in [4.69, 9.17) is 4.74 Å². The van der Waals surface area contributed by atoms with E-state index in [2.05, 4.69) is 5.32 Å². The van der Waals surface area contributed by atoms with E-state index in [1.165, 1.54) is 12.1 Å². The molecule has 1 heterocycles. The molecule has 6 heteroatoms. The van der Waals surface area contributed by atoms with Gasteiger partial charge in [-0.3, -0.25) is 0 Å². The quantitative estimate of drug-likeness (QED) is 0.844. The molecule has 1 saturated heterocycles. The van der Waals surface area contributed by atoms with E-state index in [1.807, 2.05) is 25.1 Å². The maximum atomic E-state index is 13.2. The van der Waals surface area contributed by atoms with Gasteiger partial charge in [0.15, 0.2) is 0 Å². The molecule has 2 amide bonds. The molecule has 148 valence electrons. The van der Waals surface area contributed by atoms with Gasteiger partial charge in [-0.1, -0.05) is 18.2 Å². The summed E-state index contributed by atoms with van der Waals surface area (Å²) in [5.74, 6) is 0.796. The van der Waals surface area contributed by atoms with E-state index in [0.29, 0.717) is 37.4 Å². The lowest BCUT2D eigenvalue weighted by atomic mass is 9.90. The Kier molecular flexibility index (Phi) is 4.75. The number of fused-ring (bicyclic) bond motifs is 1. The Bertz CT molecular complexity index is 870. The average Bonchev–Trinajstić information content (AvgIpc) is 3.18. The summed E-state index contributed by atoms with van der Waals surface area (Å²) in [6.45, 7) is 3.17. The fourth-order valence-electron chi connectivity index (χ4n) is 4.63. The summed E-state index contributed by atoms with van der Waals surface area (Å²) in [7, 11) is 1.58. The largest absolute Gasteiger partial charge is 0.495 e. The van der Waals surface area contributed by atoms with Gasteiger partial charge in [0, 0.05) is 13.1 Å². The number of rotatable bonds is 3. The molecule has 1 aliphatic carbocycles. The van der Waals surface area contributed by atoms with Crippen LogP contribution in [0.5, 0.6) is 5.75 Å². The topological polar surface area (TPSA) is 61.8 Å². The van der Waals surface area contributed by atoms with Crippen LogP contribution in [0.4, 0.5) is 14.9 Å². The molecule has 1 unspecified atom stereocenters. The molecule has 2 aromatic rings. The lowest BCUT2D eigenvalue weighted by molar-refractivity contribution is 0.0328. The molecule has 2 aliphatic rings. The van der Waals surface area contributed by atoms with E-state index in [9.17, 15) is 14.3 Å². The van der Waals surface area contributed by atoms with Crippen molar-refractivity contribution in [3.8, 4) is 5.75 Å². The number of aryl methyl sites for hydroxylation is 1. The molecule has 28 heavy (non-hydrogen) atoms. The van der Waals surface area contributed by atoms with Crippen molar-refractivity contribution in [2.45, 2.75) is 25.4 Å². The van der Waals surface area contributed by atoms with Gasteiger partial charge in [0.1, 0.15) is 11.6 Å². The second-order valence-electron chi connectivity index (χ2n) is 8.01. The maximum Gasteiger partial charge on any atom is 0.321 e. The fourth-order valence-corrected chi connectivity index (χ4v) is 4.63. The highest BCUT2D eigenvalue weighted by Gasteiger charge is 2.49. The Balaban J connectivity index is 1.42. The number of hydrogen-bond acceptors (Lipinski definition) is 3. The van der Waals surface area contributed by atoms with Gasteiger partial charge in [-0.2, -0.15) is 0 Å². The van der Waals surface area contributed by atoms with Crippen LogP contribution in [0.1, 0.15) is 24.0 Å². The Morgan fingerprint density at radius 2 is 1.82 bits per heavy atom. The van der Waals surface area contributed by atoms with Crippen LogP contribution < -0.4 is 10.1 Å². The third-order valence-corrected chi connectivity index (χ3v) is 6.04. The molecule has 5 nitrogen and oxygen atoms in total. The van der Waals surface area contributed by atoms with Crippen LogP contribution in [-0.4, -0.2) is 36.2 Å². The van der Waals surface area contributed by atoms with Crippen LogP contribution >= 0.6 is 0 Å². The molecule has 1 aliphatic heterocycles. The predicted molar refractivity (Wildman–Crippen MR) is 105 cm³/mol. The Morgan fingerprint density at radius 1 is 1.18 bits per heavy atom. The smallest absolute Gasteiger partial charge is 0.321 e. The Morgan fingerprint density at radius 3 is 2.43 bits per heavy atom. The fraction of sp³-hybridized carbons (Fsp3) is 0.409. The molecule has 0 bridgehead atoms. The van der Waals surface area contributed by atoms with Crippen LogP contribution in [0.15, 0.2) is 42.5 Å². The van der Waals surface area contributed by atoms with Gasteiger partial charge in [0.05, 0.1) is 18.4 Å². The van der Waals surface area contributed by atoms with Gasteiger partial charge in [-0.15, -0.1) is 0 Å². The highest BCUT2D eigenvalue weighted by Crippen LogP contribution is 2.49. The van der Waals surface area contributed by atoms with Crippen molar-refractivity contribution in [2.75, 3.05) is 25.5 Å². The minimum absolute atomic E-state index is 0.149. The Labute approximate surface area is 164 Å². The van der Waals surface area contributed by atoms with Gasteiger partial charge in [-0.25, -0.2) is 9.18 Å². The van der Waals surface area contributed by atoms with E-state index < -0.39 is 5.60 Å². The standard InChI is InChI=1S/C22H25FN2O3/c1-14-3-8-20(28-2)19(9-14)24-21(26)25-12-15-10-22(27,11-16(15)13-25)17-4-6-18(23)7-5-17/h3-9,15-16,27H,10-13H2,1-2H3,(H,24,26)/t15-,16+,22?. The van der Waals surface area contributed by atoms with Gasteiger partial charge < -0.3 is 20.1 Å². The summed E-state index contributed by atoms with van der Waals surface area (Å²) in [6, 6.07) is 11.6. The first-order valence-corrected chi connectivity index (χ1v) is 9.57. The third kappa shape index (κ3) is 3.44. The molecule has 1 saturated carbocycles. The summed E-state index contributed by atoms with van der Waals surface area (Å²) < 4.78 is 18.5. The summed E-state index contributed by atoms with van der Waals surface area (Å²) in [6.07, 6.45) is 1.17. The molecule has 2 N–H and O–H groups in total. The van der Waals surface area contributed by atoms with Crippen molar-refractivity contribution >= 4 is 11.7 Å². The average molecular weight is 384 g/mol. The summed E-state index contributed by atoms with van der Waals surface area (Å²) in [4.78, 5) is 14.6. The highest BCUT2D eigenvalue weighted by molar-refractivity contribution is 5.91. The molecular weight excluding hydrogens is 359 g/mol. The summed E-state index contributed by atoms with van der Waals surface area (Å²) in [5, 5.41) is 14.0. The number of carbonyl (C=O) groups excluding carboxylic acids is 1. The zero-order chi connectivity index (χ0) is 19.9. The predicted octanol–water partition coefficient (Wildman–Crippen LogP) is 3.90. The number of nitrogens with one attached hydrogen (secondary N) is 1. The maximum absolute atomic E-state index is 13.2. The third-order valence-electron chi connectivity index (χ3n) is 6.04. The second-order valence-corrected chi connectivity index (χ2v) is 8.01. The Hall–Kier alpha value is -2.60. The van der Waals surface area contributed by atoms with Crippen LogP contribution in [-0.2, 0) is 5.60 Å². The number of halogens is 1. The molecule has 3 atom stereocenters. The van der Waals surface area contributed by atoms with E-state index >= 15 is 0 Å². The first-order valence-electron chi connectivity index (χ1n) is 9.57. The monoisotopic (exact) mass is 384 g/mol. The zero-order valence-electron chi connectivity index (χ0n) is 16.1. The van der Waals surface area contributed by atoms with Gasteiger partial charge in [0.2, 0.25) is 0 Å². The number of carbonyl (C=O) groups is 1. The van der Waals surface area contributed by atoms with Crippen LogP contribution in [0.3, 0.4) is 0 Å². The first kappa shape index (κ1) is 18.7. The number of hydrogen-bond donors (Lipinski definition) is 2. The first-order chi connectivity index (χ1) is 13.4. The number of anilines is 1. The highest BCUT2D eigenvalue weighted by atomic mass is 19.1. The number of nitrogens with zero attached hydrogens (tertiary/aromatic N) is 1. The normalized spacial score (nSPS) is 26.2. The van der Waals surface area contributed by atoms with Gasteiger partial charge in [-0.05, 0) is 67.0 Å². The zero-order valence-corrected chi connectivity index (χ0v) is 16.1. The van der Waals surface area contributed by atoms with E-state index in [1.54, 1.807) is 24.1 Å². The lowest BCUT2D eigenvalue weighted by Gasteiger charge is -2.26. The molecule has 4 rings (SSSR count). The molecule has 2 fully saturated rings. The van der Waals surface area contributed by atoms with Gasteiger partial charge in [0.25, 0.3) is 0 Å². The van der Waals surface area contributed by atoms with Crippen molar-refractivity contribution < 1.29 is 19.0 Å². The molecule has 0 radical (unpaired) electrons. The van der Waals surface area contributed by atoms with Crippen molar-refractivity contribution in [1.29, 1.82) is 0 Å². The SMILES string of the molecule is COc1ccc(C)cc1NC(=O)N1C[C@@H]2CC(O)(c3ccc(F)cc3)C[C@@H]2C1. The summed E-state index contributed by atoms with van der Waals surface area (Å²) in [5.41, 5.74) is 1.51. The number of aliphatic hydroxyl groups is 1. The van der Waals surface area contributed by atoms with Crippen molar-refractivity contribution in [2.24, 2.45) is 11.8 Å². The van der Waals surface area contributed by atoms with Crippen molar-refractivity contribution in [3.63, 3.8) is 0 Å². The molecular formula is C22H25FN2O3. The molecule has 0 spiro atoms. The van der Waals surface area contributed by atoms with Crippen LogP contribution in [0.2, 0.25) is 0 Å². The van der Waals surface area contributed by atoms with Crippen LogP contribution in [0.25, 0.3) is 0 Å². The number of amides is 2. The van der Waals surface area contributed by atoms with E-state index in [0.717, 1.165) is 11.1 Å². The minimum Gasteiger partial charge on any atom is -0.495 e. The number of methoxy groups -OCH3 is 1. The lowest BCUT2D eigenvalue weighted by Crippen LogP contribution is -2.35. The second kappa shape index (κ2) is 7.09. The number of benzene rings is 2. The molecule has 0 aromatic heterocycles. The van der Waals surface area contributed by atoms with Crippen molar-refractivity contribution in [1.82, 2.24) is 4.90 Å². The number of ether oxygens (including phenoxy) is 1. The number of likely N-dealkylation sites (tertiary alicyclic amines) is 1. The van der Waals surface area contributed by atoms with Crippen LogP contribution in [0, 0.1) is 24.6 Å². The summed E-state index contributed by atoms with van der Waals surface area (Å²) >= 11 is 0. The number of urea groups is 1. The molecule has 2 aromatic carbocycles. The van der Waals surface area contributed by atoms with Crippen molar-refractivity contribution in [3.05, 3.63) is 59.4 Å². The van der Waals surface area contributed by atoms with Gasteiger partial charge >= 0.3 is 6.03 Å².